The first kappa shape index (κ1) is 32.4. The molecule has 0 saturated heterocycles. The van der Waals surface area contributed by atoms with Gasteiger partial charge in [0.15, 0.2) is 5.78 Å². The number of rotatable bonds is 16. The van der Waals surface area contributed by atoms with E-state index in [1.807, 2.05) is 22.8 Å². The van der Waals surface area contributed by atoms with Gasteiger partial charge in [0.2, 0.25) is 0 Å². The van der Waals surface area contributed by atoms with E-state index in [4.69, 9.17) is 9.47 Å². The Hall–Kier alpha value is -4.47. The molecule has 1 heterocycles. The van der Waals surface area contributed by atoms with E-state index < -0.39 is 13.9 Å². The molecule has 9 heteroatoms. The zero-order chi connectivity index (χ0) is 31.4. The van der Waals surface area contributed by atoms with Crippen molar-refractivity contribution in [3.8, 4) is 11.5 Å². The van der Waals surface area contributed by atoms with Crippen molar-refractivity contribution < 1.29 is 24.2 Å². The van der Waals surface area contributed by atoms with E-state index in [0.717, 1.165) is 25.3 Å². The highest BCUT2D eigenvalue weighted by Gasteiger charge is 2.14. The first-order valence-electron chi connectivity index (χ1n) is 14.9. The second kappa shape index (κ2) is 15.8. The van der Waals surface area contributed by atoms with Crippen molar-refractivity contribution in [2.75, 3.05) is 18.5 Å². The minimum Gasteiger partial charge on any atom is -0.507 e. The number of phenolic OH excluding ortho intramolecular Hbond substituents is 1. The molecule has 44 heavy (non-hydrogen) atoms. The van der Waals surface area contributed by atoms with E-state index in [-0.39, 0.29) is 17.2 Å². The number of nitrogens with one attached hydrogen (secondary N) is 1. The summed E-state index contributed by atoms with van der Waals surface area (Å²) >= 11 is 0. The zero-order valence-electron chi connectivity index (χ0n) is 25.7. The lowest BCUT2D eigenvalue weighted by Gasteiger charge is -2.15. The predicted octanol–water partition coefficient (Wildman–Crippen LogP) is 7.45. The van der Waals surface area contributed by atoms with Crippen molar-refractivity contribution >= 4 is 31.5 Å². The first-order chi connectivity index (χ1) is 21.2. The number of carbonyl (C=O) groups excluding carboxylic acids is 2. The molecule has 0 spiro atoms. The van der Waals surface area contributed by atoms with Crippen molar-refractivity contribution in [1.29, 1.82) is 0 Å². The van der Waals surface area contributed by atoms with Gasteiger partial charge in [-0.15, -0.1) is 0 Å². The molecular weight excluding hydrogens is 570 g/mol. The molecular formula is C35H41N3O5Si. The smallest absolute Gasteiger partial charge is 0.255 e. The summed E-state index contributed by atoms with van der Waals surface area (Å²) in [6.07, 6.45) is 9.36. The van der Waals surface area contributed by atoms with E-state index >= 15 is 0 Å². The molecule has 4 aromatic rings. The number of hydrogen-bond donors (Lipinski definition) is 2. The van der Waals surface area contributed by atoms with Crippen LogP contribution in [0.5, 0.6) is 11.5 Å². The highest BCUT2D eigenvalue weighted by molar-refractivity contribution is 6.76. The van der Waals surface area contributed by atoms with Crippen LogP contribution in [0.3, 0.4) is 0 Å². The molecule has 0 aliphatic rings. The quantitative estimate of drug-likeness (QED) is 0.0449. The number of allylic oxidation sites excluding steroid dienone is 1. The second-order valence-corrected chi connectivity index (χ2v) is 17.4. The summed E-state index contributed by atoms with van der Waals surface area (Å²) < 4.78 is 13.4. The fraction of sp³-hybridized carbons (Fsp3) is 0.286. The molecule has 3 aromatic carbocycles. The number of hydrogen-bond acceptors (Lipinski definition) is 6. The Kier molecular flexibility index (Phi) is 11.7. The van der Waals surface area contributed by atoms with Crippen molar-refractivity contribution in [1.82, 2.24) is 9.55 Å². The summed E-state index contributed by atoms with van der Waals surface area (Å²) in [7, 11) is -1.18. The fourth-order valence-electron chi connectivity index (χ4n) is 4.35. The lowest BCUT2D eigenvalue weighted by Crippen LogP contribution is -2.22. The molecule has 4 rings (SSSR count). The largest absolute Gasteiger partial charge is 0.507 e. The number of nitrogens with zero attached hydrogens (tertiary/aromatic N) is 2. The third kappa shape index (κ3) is 10.4. The Morgan fingerprint density at radius 1 is 0.977 bits per heavy atom. The Morgan fingerprint density at radius 2 is 1.75 bits per heavy atom. The Morgan fingerprint density at radius 3 is 2.50 bits per heavy atom. The monoisotopic (exact) mass is 611 g/mol. The number of aryl methyl sites for hydroxylation is 1. The zero-order valence-corrected chi connectivity index (χ0v) is 26.7. The summed E-state index contributed by atoms with van der Waals surface area (Å²) in [4.78, 5) is 30.1. The summed E-state index contributed by atoms with van der Waals surface area (Å²) in [5.41, 5.74) is 2.23. The Balaban J connectivity index is 1.27. The standard InChI is InChI=1S/C35H41N3O5Si/c1-44(2,3)24-23-42-26-38-21-20-36-34(38)19-18-33(40)31-25-29(14-17-32(31)39)37-35(41)28-12-15-30(16-13-28)43-22-8-7-11-27-9-5-4-6-10-27/h4-6,9-10,12-21,25,39H,7-8,11,22-24,26H2,1-3H3,(H,37,41). The van der Waals surface area contributed by atoms with Crippen molar-refractivity contribution in [3.05, 3.63) is 114 Å². The molecule has 0 saturated carbocycles. The molecule has 0 bridgehead atoms. The van der Waals surface area contributed by atoms with Crippen LogP contribution in [0.25, 0.3) is 6.08 Å². The summed E-state index contributed by atoms with van der Waals surface area (Å²) in [6, 6.07) is 22.8. The van der Waals surface area contributed by atoms with E-state index in [9.17, 15) is 14.7 Å². The van der Waals surface area contributed by atoms with Crippen LogP contribution in [-0.4, -0.2) is 47.6 Å². The van der Waals surface area contributed by atoms with E-state index in [0.29, 0.717) is 42.8 Å². The Bertz CT molecular complexity index is 1540. The molecule has 230 valence electrons. The fourth-order valence-corrected chi connectivity index (χ4v) is 5.11. The van der Waals surface area contributed by atoms with Crippen molar-refractivity contribution in [2.45, 2.75) is 51.7 Å². The van der Waals surface area contributed by atoms with E-state index in [2.05, 4.69) is 42.1 Å². The highest BCUT2D eigenvalue weighted by Crippen LogP contribution is 2.24. The average molecular weight is 612 g/mol. The lowest BCUT2D eigenvalue weighted by molar-refractivity contribution is 0.0867. The van der Waals surface area contributed by atoms with Crippen LogP contribution in [0, 0.1) is 0 Å². The van der Waals surface area contributed by atoms with Gasteiger partial charge in [-0.05, 0) is 85.5 Å². The maximum atomic E-state index is 13.0. The summed E-state index contributed by atoms with van der Waals surface area (Å²) in [5, 5.41) is 13.1. The van der Waals surface area contributed by atoms with Crippen LogP contribution in [-0.2, 0) is 17.9 Å². The maximum Gasteiger partial charge on any atom is 0.255 e. The number of unbranched alkanes of at least 4 members (excludes halogenated alkanes) is 1. The molecule has 0 radical (unpaired) electrons. The van der Waals surface area contributed by atoms with Gasteiger partial charge in [0.05, 0.1) is 12.2 Å². The second-order valence-electron chi connectivity index (χ2n) is 11.8. The molecule has 0 unspecified atom stereocenters. The number of aromatic hydroxyl groups is 1. The average Bonchev–Trinajstić information content (AvgIpc) is 3.46. The van der Waals surface area contributed by atoms with E-state index in [1.54, 1.807) is 48.8 Å². The molecule has 2 N–H and O–H groups in total. The summed E-state index contributed by atoms with van der Waals surface area (Å²) in [6.45, 7) is 8.51. The van der Waals surface area contributed by atoms with Crippen molar-refractivity contribution in [3.63, 3.8) is 0 Å². The molecule has 0 atom stereocenters. The van der Waals surface area contributed by atoms with Crippen LogP contribution < -0.4 is 10.1 Å². The van der Waals surface area contributed by atoms with Crippen LogP contribution >= 0.6 is 0 Å². The van der Waals surface area contributed by atoms with Crippen LogP contribution in [0.1, 0.15) is 44.9 Å². The number of amides is 1. The number of phenols is 1. The van der Waals surface area contributed by atoms with Gasteiger partial charge in [0.1, 0.15) is 24.1 Å². The number of ether oxygens (including phenoxy) is 2. The van der Waals surface area contributed by atoms with Crippen LogP contribution in [0.2, 0.25) is 25.7 Å². The van der Waals surface area contributed by atoms with Crippen LogP contribution in [0.15, 0.2) is 91.3 Å². The number of ketones is 1. The molecule has 1 amide bonds. The topological polar surface area (TPSA) is 103 Å². The molecule has 8 nitrogen and oxygen atoms in total. The van der Waals surface area contributed by atoms with Gasteiger partial charge < -0.3 is 24.5 Å². The number of aromatic nitrogens is 2. The maximum absolute atomic E-state index is 13.0. The molecule has 1 aromatic heterocycles. The van der Waals surface area contributed by atoms with Gasteiger partial charge in [-0.3, -0.25) is 9.59 Å². The number of carbonyl (C=O) groups is 2. The van der Waals surface area contributed by atoms with Gasteiger partial charge in [0, 0.05) is 38.3 Å². The lowest BCUT2D eigenvalue weighted by atomic mass is 10.1. The third-order valence-corrected chi connectivity index (χ3v) is 8.67. The first-order valence-corrected chi connectivity index (χ1v) is 18.6. The predicted molar refractivity (Wildman–Crippen MR) is 177 cm³/mol. The SMILES string of the molecule is C[Si](C)(C)CCOCn1ccnc1C=CC(=O)c1cc(NC(=O)c2ccc(OCCCCc3ccccc3)cc2)ccc1O. The van der Waals surface area contributed by atoms with Gasteiger partial charge in [-0.2, -0.15) is 0 Å². The normalized spacial score (nSPS) is 11.5. The number of anilines is 1. The number of imidazole rings is 1. The molecule has 0 aliphatic heterocycles. The summed E-state index contributed by atoms with van der Waals surface area (Å²) in [5.74, 6) is 0.327. The third-order valence-electron chi connectivity index (χ3n) is 6.97. The Labute approximate surface area is 260 Å². The van der Waals surface area contributed by atoms with Gasteiger partial charge in [-0.25, -0.2) is 4.98 Å². The van der Waals surface area contributed by atoms with Crippen molar-refractivity contribution in [2.24, 2.45) is 0 Å². The van der Waals surface area contributed by atoms with E-state index in [1.165, 1.54) is 23.8 Å². The molecule has 0 aliphatic carbocycles. The van der Waals surface area contributed by atoms with Crippen LogP contribution in [0.4, 0.5) is 5.69 Å². The van der Waals surface area contributed by atoms with Gasteiger partial charge in [0.25, 0.3) is 5.91 Å². The number of benzene rings is 3. The minimum absolute atomic E-state index is 0.0690. The van der Waals surface area contributed by atoms with Gasteiger partial charge >= 0.3 is 0 Å². The minimum atomic E-state index is -1.18. The highest BCUT2D eigenvalue weighted by atomic mass is 28.3. The van der Waals surface area contributed by atoms with Gasteiger partial charge in [-0.1, -0.05) is 50.0 Å². The molecule has 0 fully saturated rings.